The summed E-state index contributed by atoms with van der Waals surface area (Å²) in [5.41, 5.74) is 1.42. The van der Waals surface area contributed by atoms with Crippen LogP contribution in [0, 0.1) is 4.84 Å². The third-order valence-electron chi connectivity index (χ3n) is 1.93. The van der Waals surface area contributed by atoms with Crippen LogP contribution in [0.4, 0.5) is 0 Å². The molecule has 0 saturated heterocycles. The van der Waals surface area contributed by atoms with Crippen molar-refractivity contribution in [1.82, 2.24) is 4.98 Å². The van der Waals surface area contributed by atoms with Gasteiger partial charge in [0.2, 0.25) is 0 Å². The van der Waals surface area contributed by atoms with E-state index in [1.165, 1.54) is 6.92 Å². The molecular formula is C16H25NO2S. The Labute approximate surface area is 127 Å². The quantitative estimate of drug-likeness (QED) is 0.569. The van der Waals surface area contributed by atoms with E-state index in [0.29, 0.717) is 11.5 Å². The van der Waals surface area contributed by atoms with Crippen LogP contribution in [0.15, 0.2) is 29.7 Å². The first-order valence-electron chi connectivity index (χ1n) is 6.75. The highest BCUT2D eigenvalue weighted by Crippen LogP contribution is 2.23. The van der Waals surface area contributed by atoms with Gasteiger partial charge in [0.15, 0.2) is 5.76 Å². The van der Waals surface area contributed by atoms with Gasteiger partial charge in [-0.25, -0.2) is 0 Å². The number of aromatic nitrogens is 1. The third kappa shape index (κ3) is 7.04. The van der Waals surface area contributed by atoms with E-state index >= 15 is 0 Å². The fourth-order valence-corrected chi connectivity index (χ4v) is 1.54. The lowest BCUT2D eigenvalue weighted by atomic mass is 10.1. The summed E-state index contributed by atoms with van der Waals surface area (Å²) < 4.78 is 5.34. The average molecular weight is 295 g/mol. The van der Waals surface area contributed by atoms with Gasteiger partial charge in [-0.2, -0.15) is 0 Å². The molecule has 112 valence electrons. The fourth-order valence-electron chi connectivity index (χ4n) is 1.35. The Hall–Kier alpha value is -1.68. The Morgan fingerprint density at radius 2 is 1.85 bits per heavy atom. The van der Waals surface area contributed by atoms with Crippen LogP contribution in [0.3, 0.4) is 0 Å². The summed E-state index contributed by atoms with van der Waals surface area (Å²) in [7, 11) is 0. The van der Waals surface area contributed by atoms with Crippen LogP contribution in [0.1, 0.15) is 52.5 Å². The summed E-state index contributed by atoms with van der Waals surface area (Å²) in [4.78, 5) is 14.2. The Morgan fingerprint density at radius 3 is 2.25 bits per heavy atom. The second-order valence-corrected chi connectivity index (χ2v) is 3.64. The normalized spacial score (nSPS) is 9.55. The number of rotatable bonds is 5. The van der Waals surface area contributed by atoms with E-state index in [0.717, 1.165) is 5.57 Å². The average Bonchev–Trinajstić information content (AvgIpc) is 2.83. The molecule has 0 amide bonds. The Bertz CT molecular complexity index is 507. The first-order valence-corrected chi connectivity index (χ1v) is 7.16. The highest BCUT2D eigenvalue weighted by atomic mass is 32.1. The summed E-state index contributed by atoms with van der Waals surface area (Å²) >= 11 is 4.90. The molecule has 1 heterocycles. The first kappa shape index (κ1) is 20.6. The molecule has 0 atom stereocenters. The van der Waals surface area contributed by atoms with Gasteiger partial charge in [0.25, 0.3) is 4.84 Å². The molecule has 1 N–H and O–H groups in total. The number of carbonyl (C=O) groups excluding carboxylic acids is 1. The number of hydrogen-bond donors (Lipinski definition) is 1. The Kier molecular flexibility index (Phi) is 12.8. The van der Waals surface area contributed by atoms with E-state index in [1.54, 1.807) is 18.2 Å². The monoisotopic (exact) mass is 295 g/mol. The van der Waals surface area contributed by atoms with Crippen molar-refractivity contribution < 1.29 is 9.21 Å². The lowest BCUT2D eigenvalue weighted by Crippen LogP contribution is -1.94. The number of Topliss-reactive ketones (excluding diaryl/α,β-unsaturated/α-hetero) is 1. The SMILES string of the molecule is C=C/C=C(/CC(C)=O)c1oc(=S)[nH]c1C=C.CC.CC. The molecule has 20 heavy (non-hydrogen) atoms. The van der Waals surface area contributed by atoms with Gasteiger partial charge in [-0.3, -0.25) is 4.79 Å². The lowest BCUT2D eigenvalue weighted by molar-refractivity contribution is -0.116. The first-order chi connectivity index (χ1) is 9.58. The molecular weight excluding hydrogens is 270 g/mol. The molecule has 0 aromatic carbocycles. The van der Waals surface area contributed by atoms with Gasteiger partial charge in [0, 0.05) is 12.0 Å². The smallest absolute Gasteiger partial charge is 0.266 e. The number of nitrogens with one attached hydrogen (secondary N) is 1. The maximum atomic E-state index is 11.1. The van der Waals surface area contributed by atoms with Crippen molar-refractivity contribution in [1.29, 1.82) is 0 Å². The minimum Gasteiger partial charge on any atom is -0.429 e. The Balaban J connectivity index is 0. The van der Waals surface area contributed by atoms with Crippen molar-refractivity contribution in [3.63, 3.8) is 0 Å². The van der Waals surface area contributed by atoms with Gasteiger partial charge in [-0.15, -0.1) is 0 Å². The summed E-state index contributed by atoms with van der Waals surface area (Å²) in [6.45, 7) is 16.8. The summed E-state index contributed by atoms with van der Waals surface area (Å²) in [6.07, 6.45) is 5.22. The van der Waals surface area contributed by atoms with Crippen molar-refractivity contribution >= 4 is 29.7 Å². The molecule has 0 radical (unpaired) electrons. The number of oxazole rings is 1. The maximum absolute atomic E-state index is 11.1. The predicted octanol–water partition coefficient (Wildman–Crippen LogP) is 5.58. The number of allylic oxidation sites excluding steroid dienone is 3. The highest BCUT2D eigenvalue weighted by Gasteiger charge is 2.12. The molecule has 0 saturated carbocycles. The molecule has 0 spiro atoms. The van der Waals surface area contributed by atoms with E-state index < -0.39 is 0 Å². The van der Waals surface area contributed by atoms with Crippen LogP contribution < -0.4 is 0 Å². The van der Waals surface area contributed by atoms with E-state index in [9.17, 15) is 4.79 Å². The second kappa shape index (κ2) is 12.4. The standard InChI is InChI=1S/C12H13NO2S.2C2H6/c1-4-6-9(7-8(3)14)11-10(5-2)13-12(16)15-11;2*1-2/h4-6H,1-2,7H2,3H3,(H,13,16);2*1-2H3/b9-6-;;. The van der Waals surface area contributed by atoms with Crippen molar-refractivity contribution in [2.45, 2.75) is 41.0 Å². The molecule has 0 aliphatic heterocycles. The van der Waals surface area contributed by atoms with E-state index in [4.69, 9.17) is 16.6 Å². The molecule has 0 unspecified atom stereocenters. The minimum absolute atomic E-state index is 0.0467. The van der Waals surface area contributed by atoms with E-state index in [1.807, 2.05) is 27.7 Å². The van der Waals surface area contributed by atoms with Gasteiger partial charge in [-0.1, -0.05) is 53.0 Å². The van der Waals surface area contributed by atoms with Gasteiger partial charge < -0.3 is 9.40 Å². The molecule has 1 rings (SSSR count). The lowest BCUT2D eigenvalue weighted by Gasteiger charge is -2.01. The van der Waals surface area contributed by atoms with Crippen LogP contribution in [0.25, 0.3) is 11.6 Å². The zero-order valence-electron chi connectivity index (χ0n) is 13.1. The molecule has 0 aliphatic rings. The number of carbonyl (C=O) groups is 1. The number of ketones is 1. The third-order valence-corrected chi connectivity index (χ3v) is 2.12. The molecule has 0 aliphatic carbocycles. The molecule has 1 aromatic heterocycles. The van der Waals surface area contributed by atoms with Crippen LogP contribution in [0.5, 0.6) is 0 Å². The molecule has 1 aromatic rings. The minimum atomic E-state index is 0.0467. The van der Waals surface area contributed by atoms with Crippen molar-refractivity contribution in [2.75, 3.05) is 0 Å². The summed E-state index contributed by atoms with van der Waals surface area (Å²) in [6, 6.07) is 0. The zero-order valence-corrected chi connectivity index (χ0v) is 13.9. The number of aromatic amines is 1. The molecule has 0 bridgehead atoms. The van der Waals surface area contributed by atoms with E-state index in [2.05, 4.69) is 18.1 Å². The van der Waals surface area contributed by atoms with Gasteiger partial charge in [-0.05, 0) is 25.2 Å². The number of H-pyrrole nitrogens is 1. The topological polar surface area (TPSA) is 46.0 Å². The molecule has 3 nitrogen and oxygen atoms in total. The second-order valence-electron chi connectivity index (χ2n) is 3.27. The van der Waals surface area contributed by atoms with Crippen molar-refractivity contribution in [3.8, 4) is 0 Å². The predicted molar refractivity (Wildman–Crippen MR) is 90.2 cm³/mol. The van der Waals surface area contributed by atoms with Gasteiger partial charge >= 0.3 is 0 Å². The molecule has 4 heteroatoms. The largest absolute Gasteiger partial charge is 0.429 e. The van der Waals surface area contributed by atoms with Crippen molar-refractivity contribution in [2.24, 2.45) is 0 Å². The van der Waals surface area contributed by atoms with Crippen LogP contribution in [0.2, 0.25) is 0 Å². The Morgan fingerprint density at radius 1 is 1.30 bits per heavy atom. The van der Waals surface area contributed by atoms with Crippen LogP contribution in [-0.4, -0.2) is 10.8 Å². The van der Waals surface area contributed by atoms with Crippen LogP contribution >= 0.6 is 12.2 Å². The van der Waals surface area contributed by atoms with Gasteiger partial charge in [0.1, 0.15) is 5.78 Å². The fraction of sp³-hybridized carbons (Fsp3) is 0.375. The number of hydrogen-bond acceptors (Lipinski definition) is 3. The highest BCUT2D eigenvalue weighted by molar-refractivity contribution is 7.71. The summed E-state index contributed by atoms with van der Waals surface area (Å²) in [5, 5.41) is 0. The maximum Gasteiger partial charge on any atom is 0.266 e. The van der Waals surface area contributed by atoms with E-state index in [-0.39, 0.29) is 17.0 Å². The zero-order chi connectivity index (χ0) is 16.1. The van der Waals surface area contributed by atoms with Crippen LogP contribution in [-0.2, 0) is 4.79 Å². The van der Waals surface area contributed by atoms with Crippen molar-refractivity contribution in [3.05, 3.63) is 41.6 Å². The van der Waals surface area contributed by atoms with Gasteiger partial charge in [0.05, 0.1) is 5.69 Å². The summed E-state index contributed by atoms with van der Waals surface area (Å²) in [5.74, 6) is 0.598. The molecule has 0 fully saturated rings.